The average Bonchev–Trinajstić information content (AvgIpc) is 2.04. The van der Waals surface area contributed by atoms with Crippen molar-refractivity contribution < 1.29 is 0 Å². The quantitative estimate of drug-likeness (QED) is 0.641. The molecule has 0 fully saturated rings. The van der Waals surface area contributed by atoms with Crippen LogP contribution in [-0.2, 0) is 0 Å². The molecule has 0 spiro atoms. The van der Waals surface area contributed by atoms with Crippen molar-refractivity contribution in [1.82, 2.24) is 5.32 Å². The summed E-state index contributed by atoms with van der Waals surface area (Å²) in [5.74, 6) is 0. The molecule has 0 radical (unpaired) electrons. The molecule has 0 aromatic rings. The first-order valence-electron chi connectivity index (χ1n) is 5.23. The molecule has 0 aromatic heterocycles. The summed E-state index contributed by atoms with van der Waals surface area (Å²) in [6.07, 6.45) is 4.52. The smallest absolute Gasteiger partial charge is 0.104 e. The lowest BCUT2D eigenvalue weighted by Gasteiger charge is -2.25. The predicted molar refractivity (Wildman–Crippen MR) is 56.4 cm³/mol. The van der Waals surface area contributed by atoms with E-state index in [1.165, 1.54) is 12.8 Å². The van der Waals surface area contributed by atoms with Crippen LogP contribution in [0.4, 0.5) is 0 Å². The summed E-state index contributed by atoms with van der Waals surface area (Å²) < 4.78 is 0. The largest absolute Gasteiger partial charge is 0.297 e. The van der Waals surface area contributed by atoms with Gasteiger partial charge in [-0.2, -0.15) is 5.26 Å². The molecule has 1 N–H and O–H groups in total. The first kappa shape index (κ1) is 12.4. The zero-order valence-corrected chi connectivity index (χ0v) is 9.35. The number of unbranched alkanes of at least 4 members (excludes halogenated alkanes) is 2. The van der Waals surface area contributed by atoms with E-state index in [4.69, 9.17) is 5.26 Å². The molecule has 0 saturated heterocycles. The lowest BCUT2D eigenvalue weighted by molar-refractivity contribution is 0.369. The maximum atomic E-state index is 9.02. The highest BCUT2D eigenvalue weighted by Gasteiger charge is 2.23. The second-order valence-corrected chi connectivity index (χ2v) is 4.20. The van der Waals surface area contributed by atoms with Crippen molar-refractivity contribution in [3.63, 3.8) is 0 Å². The number of rotatable bonds is 6. The molecule has 0 aliphatic carbocycles. The molecule has 76 valence electrons. The standard InChI is InChI=1S/C11H22N2/c1-5-6-7-8-11(4,9-12)13-10(2)3/h10,13H,5-8H2,1-4H3. The van der Waals surface area contributed by atoms with Crippen LogP contribution in [0, 0.1) is 11.3 Å². The Balaban J connectivity index is 3.91. The van der Waals surface area contributed by atoms with E-state index in [2.05, 4.69) is 32.2 Å². The van der Waals surface area contributed by atoms with Gasteiger partial charge < -0.3 is 0 Å². The SMILES string of the molecule is CCCCCC(C)(C#N)NC(C)C. The molecule has 0 amide bonds. The molecule has 0 bridgehead atoms. The summed E-state index contributed by atoms with van der Waals surface area (Å²) in [6, 6.07) is 2.74. The van der Waals surface area contributed by atoms with Crippen LogP contribution in [0.15, 0.2) is 0 Å². The maximum absolute atomic E-state index is 9.02. The van der Waals surface area contributed by atoms with Crippen LogP contribution in [0.1, 0.15) is 53.4 Å². The van der Waals surface area contributed by atoms with Crippen LogP contribution in [0.5, 0.6) is 0 Å². The average molecular weight is 182 g/mol. The van der Waals surface area contributed by atoms with Gasteiger partial charge in [-0.3, -0.25) is 5.32 Å². The van der Waals surface area contributed by atoms with Gasteiger partial charge in [-0.1, -0.05) is 26.2 Å². The van der Waals surface area contributed by atoms with Gasteiger partial charge in [0.1, 0.15) is 5.54 Å². The molecule has 13 heavy (non-hydrogen) atoms. The van der Waals surface area contributed by atoms with Gasteiger partial charge in [-0.05, 0) is 27.2 Å². The Labute approximate surface area is 82.3 Å². The van der Waals surface area contributed by atoms with E-state index in [0.717, 1.165) is 12.8 Å². The highest BCUT2D eigenvalue weighted by Crippen LogP contribution is 2.14. The fourth-order valence-electron chi connectivity index (χ4n) is 1.53. The van der Waals surface area contributed by atoms with Crippen molar-refractivity contribution in [2.75, 3.05) is 0 Å². The van der Waals surface area contributed by atoms with E-state index in [9.17, 15) is 0 Å². The highest BCUT2D eigenvalue weighted by atomic mass is 15.0. The summed E-state index contributed by atoms with van der Waals surface area (Å²) >= 11 is 0. The fraction of sp³-hybridized carbons (Fsp3) is 0.909. The number of hydrogen-bond donors (Lipinski definition) is 1. The highest BCUT2D eigenvalue weighted by molar-refractivity contribution is 5.04. The molecular formula is C11H22N2. The molecule has 0 heterocycles. The molecule has 1 atom stereocenters. The van der Waals surface area contributed by atoms with Crippen LogP contribution in [0.2, 0.25) is 0 Å². The van der Waals surface area contributed by atoms with Gasteiger partial charge in [-0.15, -0.1) is 0 Å². The van der Waals surface area contributed by atoms with Crippen molar-refractivity contribution in [3.8, 4) is 6.07 Å². The lowest BCUT2D eigenvalue weighted by Crippen LogP contribution is -2.44. The number of nitrogens with zero attached hydrogens (tertiary/aromatic N) is 1. The van der Waals surface area contributed by atoms with Crippen LogP contribution in [0.3, 0.4) is 0 Å². The van der Waals surface area contributed by atoms with E-state index in [-0.39, 0.29) is 5.54 Å². The monoisotopic (exact) mass is 182 g/mol. The van der Waals surface area contributed by atoms with E-state index < -0.39 is 0 Å². The summed E-state index contributed by atoms with van der Waals surface area (Å²) in [7, 11) is 0. The minimum atomic E-state index is -0.330. The Morgan fingerprint density at radius 2 is 2.00 bits per heavy atom. The summed E-state index contributed by atoms with van der Waals surface area (Å²) in [6.45, 7) is 8.33. The fourth-order valence-corrected chi connectivity index (χ4v) is 1.53. The normalized spacial score (nSPS) is 15.4. The molecule has 0 aliphatic heterocycles. The van der Waals surface area contributed by atoms with Gasteiger partial charge in [0, 0.05) is 6.04 Å². The molecule has 0 rings (SSSR count). The third-order valence-corrected chi connectivity index (χ3v) is 2.13. The molecule has 0 aliphatic rings. The summed E-state index contributed by atoms with van der Waals surface area (Å²) in [5.41, 5.74) is -0.330. The van der Waals surface area contributed by atoms with Crippen LogP contribution in [-0.4, -0.2) is 11.6 Å². The molecule has 2 heteroatoms. The van der Waals surface area contributed by atoms with Crippen LogP contribution >= 0.6 is 0 Å². The van der Waals surface area contributed by atoms with Gasteiger partial charge in [0.2, 0.25) is 0 Å². The Hall–Kier alpha value is -0.550. The van der Waals surface area contributed by atoms with E-state index in [1.807, 2.05) is 6.92 Å². The van der Waals surface area contributed by atoms with E-state index >= 15 is 0 Å². The second kappa shape index (κ2) is 5.99. The van der Waals surface area contributed by atoms with Crippen molar-refractivity contribution in [2.45, 2.75) is 65.0 Å². The van der Waals surface area contributed by atoms with Crippen molar-refractivity contribution in [2.24, 2.45) is 0 Å². The van der Waals surface area contributed by atoms with Crippen molar-refractivity contribution >= 4 is 0 Å². The Morgan fingerprint density at radius 1 is 1.38 bits per heavy atom. The first-order chi connectivity index (χ1) is 6.04. The Morgan fingerprint density at radius 3 is 2.38 bits per heavy atom. The van der Waals surface area contributed by atoms with Gasteiger partial charge in [-0.25, -0.2) is 0 Å². The van der Waals surface area contributed by atoms with Crippen molar-refractivity contribution in [1.29, 1.82) is 5.26 Å². The summed E-state index contributed by atoms with van der Waals surface area (Å²) in [4.78, 5) is 0. The molecule has 1 unspecified atom stereocenters. The summed E-state index contributed by atoms with van der Waals surface area (Å²) in [5, 5.41) is 12.3. The van der Waals surface area contributed by atoms with Gasteiger partial charge in [0.05, 0.1) is 6.07 Å². The van der Waals surface area contributed by atoms with Crippen molar-refractivity contribution in [3.05, 3.63) is 0 Å². The van der Waals surface area contributed by atoms with Gasteiger partial charge in [0.15, 0.2) is 0 Å². The Bertz CT molecular complexity index is 169. The minimum absolute atomic E-state index is 0.330. The number of hydrogen-bond acceptors (Lipinski definition) is 2. The zero-order chi connectivity index (χ0) is 10.3. The number of nitrogens with one attached hydrogen (secondary N) is 1. The van der Waals surface area contributed by atoms with Gasteiger partial charge >= 0.3 is 0 Å². The van der Waals surface area contributed by atoms with Gasteiger partial charge in [0.25, 0.3) is 0 Å². The Kier molecular flexibility index (Phi) is 5.73. The zero-order valence-electron chi connectivity index (χ0n) is 9.35. The predicted octanol–water partition coefficient (Wildman–Crippen LogP) is 2.85. The van der Waals surface area contributed by atoms with Crippen LogP contribution in [0.25, 0.3) is 0 Å². The second-order valence-electron chi connectivity index (χ2n) is 4.20. The molecule has 2 nitrogen and oxygen atoms in total. The maximum Gasteiger partial charge on any atom is 0.104 e. The topological polar surface area (TPSA) is 35.8 Å². The molecular weight excluding hydrogens is 160 g/mol. The number of nitriles is 1. The first-order valence-corrected chi connectivity index (χ1v) is 5.23. The molecule has 0 saturated carbocycles. The van der Waals surface area contributed by atoms with E-state index in [0.29, 0.717) is 6.04 Å². The third kappa shape index (κ3) is 5.65. The third-order valence-electron chi connectivity index (χ3n) is 2.13. The van der Waals surface area contributed by atoms with Crippen LogP contribution < -0.4 is 5.32 Å². The lowest BCUT2D eigenvalue weighted by atomic mass is 9.95. The molecule has 0 aromatic carbocycles. The van der Waals surface area contributed by atoms with E-state index in [1.54, 1.807) is 0 Å². The minimum Gasteiger partial charge on any atom is -0.297 e.